The number of benzene rings is 2. The summed E-state index contributed by atoms with van der Waals surface area (Å²) in [5.41, 5.74) is 3.44. The van der Waals surface area contributed by atoms with Crippen molar-refractivity contribution in [3.63, 3.8) is 0 Å². The predicted octanol–water partition coefficient (Wildman–Crippen LogP) is 2.54. The summed E-state index contributed by atoms with van der Waals surface area (Å²) in [4.78, 5) is 8.27. The van der Waals surface area contributed by atoms with E-state index in [-0.39, 0.29) is 30.8 Å². The van der Waals surface area contributed by atoms with Crippen molar-refractivity contribution in [3.05, 3.63) is 71.8 Å². The summed E-state index contributed by atoms with van der Waals surface area (Å²) in [6, 6.07) is 14.3. The van der Waals surface area contributed by atoms with Gasteiger partial charge in [-0.1, -0.05) is 30.3 Å². The number of nitrogens with one attached hydrogen (secondary N) is 2. The van der Waals surface area contributed by atoms with Gasteiger partial charge in [0.05, 0.1) is 6.54 Å². The average Bonchev–Trinajstić information content (AvgIpc) is 3.40. The van der Waals surface area contributed by atoms with E-state index in [0.717, 1.165) is 23.0 Å². The zero-order chi connectivity index (χ0) is 19.2. The van der Waals surface area contributed by atoms with Crippen LogP contribution in [0.3, 0.4) is 0 Å². The van der Waals surface area contributed by atoms with Crippen molar-refractivity contribution >= 4 is 29.9 Å². The maximum atomic E-state index is 5.42. The number of aliphatic imine (C=N–C) groups is 1. The third-order valence-corrected chi connectivity index (χ3v) is 4.38. The molecule has 0 atom stereocenters. The van der Waals surface area contributed by atoms with Crippen LogP contribution >= 0.6 is 24.0 Å². The van der Waals surface area contributed by atoms with Crippen molar-refractivity contribution in [3.8, 4) is 11.5 Å². The second-order valence-corrected chi connectivity index (χ2v) is 6.38. The van der Waals surface area contributed by atoms with Crippen LogP contribution in [0, 0.1) is 0 Å². The van der Waals surface area contributed by atoms with E-state index in [9.17, 15) is 0 Å². The zero-order valence-corrected chi connectivity index (χ0v) is 18.4. The second kappa shape index (κ2) is 10.1. The maximum Gasteiger partial charge on any atom is 0.231 e. The van der Waals surface area contributed by atoms with Gasteiger partial charge < -0.3 is 20.1 Å². The van der Waals surface area contributed by atoms with E-state index < -0.39 is 0 Å². The average molecular weight is 506 g/mol. The van der Waals surface area contributed by atoms with Crippen molar-refractivity contribution in [2.24, 2.45) is 4.99 Å². The lowest BCUT2D eigenvalue weighted by molar-refractivity contribution is 0.174. The van der Waals surface area contributed by atoms with Crippen LogP contribution in [0.25, 0.3) is 0 Å². The lowest BCUT2D eigenvalue weighted by atomic mass is 10.1. The molecule has 2 heterocycles. The number of guanidine groups is 1. The molecule has 1 aliphatic heterocycles. The fraction of sp³-hybridized carbons (Fsp3) is 0.250. The maximum absolute atomic E-state index is 5.42. The molecule has 0 saturated carbocycles. The van der Waals surface area contributed by atoms with Gasteiger partial charge in [-0.05, 0) is 28.8 Å². The van der Waals surface area contributed by atoms with Crippen molar-refractivity contribution in [2.75, 3.05) is 13.8 Å². The standard InChI is InChI=1S/C20H22N6O2.HI/c1-21-20(24-10-16-5-6-18-19(8-16)28-14-27-18)23-9-15-3-2-4-17(7-15)11-26-13-22-12-25-26;/h2-8,12-13H,9-11,14H2,1H3,(H2,21,23,24);1H. The Morgan fingerprint density at radius 1 is 1.03 bits per heavy atom. The fourth-order valence-electron chi connectivity index (χ4n) is 2.98. The van der Waals surface area contributed by atoms with Crippen LogP contribution in [0.4, 0.5) is 0 Å². The molecule has 9 heteroatoms. The molecule has 0 unspecified atom stereocenters. The third-order valence-electron chi connectivity index (χ3n) is 4.38. The topological polar surface area (TPSA) is 85.6 Å². The Balaban J connectivity index is 0.00000240. The number of nitrogens with zero attached hydrogens (tertiary/aromatic N) is 4. The minimum atomic E-state index is 0. The van der Waals surface area contributed by atoms with Gasteiger partial charge in [0.25, 0.3) is 0 Å². The first-order valence-corrected chi connectivity index (χ1v) is 9.03. The molecule has 0 bridgehead atoms. The lowest BCUT2D eigenvalue weighted by Crippen LogP contribution is -2.36. The van der Waals surface area contributed by atoms with E-state index in [1.807, 2.05) is 24.3 Å². The summed E-state index contributed by atoms with van der Waals surface area (Å²) in [5.74, 6) is 2.31. The Morgan fingerprint density at radius 3 is 2.55 bits per heavy atom. The summed E-state index contributed by atoms with van der Waals surface area (Å²) >= 11 is 0. The Morgan fingerprint density at radius 2 is 1.79 bits per heavy atom. The summed E-state index contributed by atoms with van der Waals surface area (Å²) in [7, 11) is 1.76. The molecule has 29 heavy (non-hydrogen) atoms. The Labute approximate surface area is 186 Å². The van der Waals surface area contributed by atoms with Gasteiger partial charge in [0.1, 0.15) is 12.7 Å². The van der Waals surface area contributed by atoms with Crippen LogP contribution in [0.15, 0.2) is 60.1 Å². The molecule has 1 aromatic heterocycles. The van der Waals surface area contributed by atoms with Crippen LogP contribution < -0.4 is 20.1 Å². The number of rotatable bonds is 6. The van der Waals surface area contributed by atoms with Crippen molar-refractivity contribution in [1.82, 2.24) is 25.4 Å². The second-order valence-electron chi connectivity index (χ2n) is 6.38. The molecule has 3 aromatic rings. The summed E-state index contributed by atoms with van der Waals surface area (Å²) < 4.78 is 12.6. The summed E-state index contributed by atoms with van der Waals surface area (Å²) in [5, 5.41) is 10.8. The van der Waals surface area contributed by atoms with E-state index in [1.54, 1.807) is 24.4 Å². The molecule has 2 aromatic carbocycles. The Hall–Kier alpha value is -2.82. The molecule has 0 spiro atoms. The van der Waals surface area contributed by atoms with Gasteiger partial charge >= 0.3 is 0 Å². The minimum Gasteiger partial charge on any atom is -0.454 e. The van der Waals surface area contributed by atoms with E-state index in [1.165, 1.54) is 11.1 Å². The smallest absolute Gasteiger partial charge is 0.231 e. The van der Waals surface area contributed by atoms with Crippen LogP contribution in [0.5, 0.6) is 11.5 Å². The molecule has 152 valence electrons. The highest BCUT2D eigenvalue weighted by Crippen LogP contribution is 2.32. The number of hydrogen-bond acceptors (Lipinski definition) is 5. The number of hydrogen-bond donors (Lipinski definition) is 2. The number of halogens is 1. The highest BCUT2D eigenvalue weighted by Gasteiger charge is 2.13. The molecule has 4 rings (SSSR count). The number of ether oxygens (including phenoxy) is 2. The van der Waals surface area contributed by atoms with Crippen LogP contribution in [0.1, 0.15) is 16.7 Å². The molecular formula is C20H23IN6O2. The van der Waals surface area contributed by atoms with Crippen molar-refractivity contribution in [1.29, 1.82) is 0 Å². The largest absolute Gasteiger partial charge is 0.454 e. The first-order valence-electron chi connectivity index (χ1n) is 9.03. The van der Waals surface area contributed by atoms with E-state index in [4.69, 9.17) is 9.47 Å². The fourth-order valence-corrected chi connectivity index (χ4v) is 2.98. The van der Waals surface area contributed by atoms with Gasteiger partial charge in [0, 0.05) is 20.1 Å². The SMILES string of the molecule is CN=C(NCc1cccc(Cn2cncn2)c1)NCc1ccc2c(c1)OCO2.I. The molecule has 8 nitrogen and oxygen atoms in total. The Bertz CT molecular complexity index is 961. The van der Waals surface area contributed by atoms with Crippen LogP contribution in [-0.4, -0.2) is 34.6 Å². The molecule has 0 amide bonds. The number of aromatic nitrogens is 3. The highest BCUT2D eigenvalue weighted by atomic mass is 127. The van der Waals surface area contributed by atoms with Gasteiger partial charge in [-0.3, -0.25) is 4.99 Å². The first-order chi connectivity index (χ1) is 13.8. The van der Waals surface area contributed by atoms with Crippen LogP contribution in [0.2, 0.25) is 0 Å². The quantitative estimate of drug-likeness (QED) is 0.304. The first kappa shape index (κ1) is 20.9. The molecule has 2 N–H and O–H groups in total. The molecule has 0 radical (unpaired) electrons. The van der Waals surface area contributed by atoms with Gasteiger partial charge in [0.15, 0.2) is 17.5 Å². The predicted molar refractivity (Wildman–Crippen MR) is 121 cm³/mol. The van der Waals surface area contributed by atoms with Crippen LogP contribution in [-0.2, 0) is 19.6 Å². The summed E-state index contributed by atoms with van der Waals surface area (Å²) in [6.07, 6.45) is 3.26. The third kappa shape index (κ3) is 5.59. The normalized spacial score (nSPS) is 12.4. The van der Waals surface area contributed by atoms with Gasteiger partial charge in [-0.15, -0.1) is 24.0 Å². The Kier molecular flexibility index (Phi) is 7.28. The molecule has 0 fully saturated rings. The molecule has 1 aliphatic rings. The van der Waals surface area contributed by atoms with Crippen molar-refractivity contribution < 1.29 is 9.47 Å². The van der Waals surface area contributed by atoms with Gasteiger partial charge in [0.2, 0.25) is 6.79 Å². The van der Waals surface area contributed by atoms with E-state index in [0.29, 0.717) is 19.6 Å². The zero-order valence-electron chi connectivity index (χ0n) is 16.0. The molecular weight excluding hydrogens is 483 g/mol. The van der Waals surface area contributed by atoms with Crippen molar-refractivity contribution in [2.45, 2.75) is 19.6 Å². The number of fused-ring (bicyclic) bond motifs is 1. The monoisotopic (exact) mass is 506 g/mol. The van der Waals surface area contributed by atoms with E-state index in [2.05, 4.69) is 43.9 Å². The minimum absolute atomic E-state index is 0. The molecule has 0 aliphatic carbocycles. The highest BCUT2D eigenvalue weighted by molar-refractivity contribution is 14.0. The molecule has 0 saturated heterocycles. The summed E-state index contributed by atoms with van der Waals surface area (Å²) in [6.45, 7) is 2.30. The lowest BCUT2D eigenvalue weighted by Gasteiger charge is -2.13. The van der Waals surface area contributed by atoms with Gasteiger partial charge in [-0.25, -0.2) is 9.67 Å². The van der Waals surface area contributed by atoms with E-state index >= 15 is 0 Å². The van der Waals surface area contributed by atoms with Gasteiger partial charge in [-0.2, -0.15) is 5.10 Å².